The Morgan fingerprint density at radius 1 is 0.929 bits per heavy atom. The van der Waals surface area contributed by atoms with Crippen molar-refractivity contribution in [2.75, 3.05) is 18.5 Å². The Labute approximate surface area is 157 Å². The Balaban J connectivity index is 1.46. The van der Waals surface area contributed by atoms with E-state index in [0.717, 1.165) is 12.1 Å². The molecule has 4 rings (SSSR count). The van der Waals surface area contributed by atoms with Crippen LogP contribution in [0.2, 0.25) is 0 Å². The Morgan fingerprint density at radius 3 is 2.61 bits per heavy atom. The molecule has 2 aromatic carbocycles. The van der Waals surface area contributed by atoms with Gasteiger partial charge in [0, 0.05) is 6.07 Å². The van der Waals surface area contributed by atoms with Crippen molar-refractivity contribution in [3.63, 3.8) is 0 Å². The Hall–Kier alpha value is -3.62. The maximum absolute atomic E-state index is 14.1. The highest BCUT2D eigenvalue weighted by Crippen LogP contribution is 2.21. The predicted molar refractivity (Wildman–Crippen MR) is 96.5 cm³/mol. The summed E-state index contributed by atoms with van der Waals surface area (Å²) in [6, 6.07) is 12.7. The summed E-state index contributed by atoms with van der Waals surface area (Å²) in [5.41, 5.74) is 0.753. The van der Waals surface area contributed by atoms with Gasteiger partial charge < -0.3 is 10.1 Å². The number of nitrogens with one attached hydrogen (secondary N) is 1. The topological polar surface area (TPSA) is 64.3 Å². The van der Waals surface area contributed by atoms with Gasteiger partial charge in [0.05, 0.1) is 12.1 Å². The third-order valence-corrected chi connectivity index (χ3v) is 3.94. The Morgan fingerprint density at radius 2 is 1.79 bits per heavy atom. The first-order valence-corrected chi connectivity index (χ1v) is 8.41. The van der Waals surface area contributed by atoms with Crippen molar-refractivity contribution in [1.82, 2.24) is 19.8 Å². The minimum Gasteiger partial charge on any atom is -0.489 e. The molecule has 4 aromatic rings. The lowest BCUT2D eigenvalue weighted by atomic mass is 10.2. The zero-order chi connectivity index (χ0) is 19.5. The molecule has 0 saturated carbocycles. The molecule has 0 aliphatic carbocycles. The average Bonchev–Trinajstić information content (AvgIpc) is 3.10. The van der Waals surface area contributed by atoms with Crippen LogP contribution in [0.3, 0.4) is 0 Å². The number of halogens is 3. The Kier molecular flexibility index (Phi) is 4.79. The molecule has 0 spiro atoms. The quantitative estimate of drug-likeness (QED) is 0.513. The number of rotatable bonds is 6. The SMILES string of the molecule is Fc1ccc(OCCNc2ccc3nnc(-c4ccccc4F)n3n2)c(F)c1. The van der Waals surface area contributed by atoms with Gasteiger partial charge in [0.25, 0.3) is 0 Å². The van der Waals surface area contributed by atoms with Crippen LogP contribution in [-0.2, 0) is 0 Å². The van der Waals surface area contributed by atoms with Crippen LogP contribution in [-0.4, -0.2) is 33.0 Å². The van der Waals surface area contributed by atoms with Gasteiger partial charge in [-0.2, -0.15) is 4.52 Å². The molecule has 9 heteroatoms. The molecule has 0 atom stereocenters. The molecule has 0 aliphatic rings. The predicted octanol–water partition coefficient (Wildman–Crippen LogP) is 3.70. The summed E-state index contributed by atoms with van der Waals surface area (Å²) in [4.78, 5) is 0. The van der Waals surface area contributed by atoms with Gasteiger partial charge in [-0.3, -0.25) is 0 Å². The highest BCUT2D eigenvalue weighted by Gasteiger charge is 2.13. The maximum atomic E-state index is 14.1. The molecule has 0 saturated heterocycles. The fourth-order valence-corrected chi connectivity index (χ4v) is 2.63. The van der Waals surface area contributed by atoms with Gasteiger partial charge in [0.1, 0.15) is 24.1 Å². The molecule has 2 heterocycles. The minimum absolute atomic E-state index is 0.0349. The van der Waals surface area contributed by atoms with E-state index in [-0.39, 0.29) is 23.7 Å². The summed E-state index contributed by atoms with van der Waals surface area (Å²) in [6.45, 7) is 0.442. The van der Waals surface area contributed by atoms with E-state index in [2.05, 4.69) is 20.6 Å². The fraction of sp³-hybridized carbons (Fsp3) is 0.105. The number of fused-ring (bicyclic) bond motifs is 1. The molecule has 0 radical (unpaired) electrons. The van der Waals surface area contributed by atoms with E-state index in [1.165, 1.54) is 16.6 Å². The van der Waals surface area contributed by atoms with Crippen LogP contribution in [0.15, 0.2) is 54.6 Å². The molecule has 0 bridgehead atoms. The van der Waals surface area contributed by atoms with E-state index in [9.17, 15) is 13.2 Å². The number of ether oxygens (including phenoxy) is 1. The van der Waals surface area contributed by atoms with Crippen LogP contribution in [0.5, 0.6) is 5.75 Å². The smallest absolute Gasteiger partial charge is 0.188 e. The molecule has 0 amide bonds. The van der Waals surface area contributed by atoms with Gasteiger partial charge in [-0.05, 0) is 36.4 Å². The highest BCUT2D eigenvalue weighted by atomic mass is 19.1. The lowest BCUT2D eigenvalue weighted by molar-refractivity contribution is 0.314. The first kappa shape index (κ1) is 17.8. The number of nitrogens with zero attached hydrogens (tertiary/aromatic N) is 4. The number of anilines is 1. The second kappa shape index (κ2) is 7.55. The molecule has 0 unspecified atom stereocenters. The van der Waals surface area contributed by atoms with Crippen molar-refractivity contribution in [3.05, 3.63) is 72.0 Å². The van der Waals surface area contributed by atoms with Crippen LogP contribution in [0.1, 0.15) is 0 Å². The first-order chi connectivity index (χ1) is 13.6. The zero-order valence-electron chi connectivity index (χ0n) is 14.4. The van der Waals surface area contributed by atoms with E-state index in [4.69, 9.17) is 4.74 Å². The number of hydrogen-bond donors (Lipinski definition) is 1. The molecule has 142 valence electrons. The van der Waals surface area contributed by atoms with Crippen LogP contribution in [0, 0.1) is 17.5 Å². The fourth-order valence-electron chi connectivity index (χ4n) is 2.63. The van der Waals surface area contributed by atoms with Crippen molar-refractivity contribution in [1.29, 1.82) is 0 Å². The third-order valence-electron chi connectivity index (χ3n) is 3.94. The molecular weight excluding hydrogens is 371 g/mol. The van der Waals surface area contributed by atoms with Gasteiger partial charge >= 0.3 is 0 Å². The third kappa shape index (κ3) is 3.59. The second-order valence-corrected chi connectivity index (χ2v) is 5.84. The van der Waals surface area contributed by atoms with Gasteiger partial charge in [0.2, 0.25) is 0 Å². The number of aromatic nitrogens is 4. The standard InChI is InChI=1S/C19H14F3N5O/c20-12-5-6-16(15(22)11-12)28-10-9-23-17-7-8-18-24-25-19(27(18)26-17)13-3-1-2-4-14(13)21/h1-8,11H,9-10H2,(H,23,26). The molecule has 1 N–H and O–H groups in total. The average molecular weight is 385 g/mol. The lowest BCUT2D eigenvalue weighted by Gasteiger charge is -2.09. The number of hydrogen-bond acceptors (Lipinski definition) is 5. The van der Waals surface area contributed by atoms with Crippen molar-refractivity contribution in [3.8, 4) is 17.1 Å². The van der Waals surface area contributed by atoms with Gasteiger partial charge in [-0.25, -0.2) is 13.2 Å². The highest BCUT2D eigenvalue weighted by molar-refractivity contribution is 5.60. The molecule has 28 heavy (non-hydrogen) atoms. The summed E-state index contributed by atoms with van der Waals surface area (Å²) in [5.74, 6) is -1.13. The molecule has 0 fully saturated rings. The van der Waals surface area contributed by atoms with Gasteiger partial charge in [-0.15, -0.1) is 15.3 Å². The monoisotopic (exact) mass is 385 g/mol. The summed E-state index contributed by atoms with van der Waals surface area (Å²) >= 11 is 0. The van der Waals surface area contributed by atoms with Crippen molar-refractivity contribution in [2.24, 2.45) is 0 Å². The summed E-state index contributed by atoms with van der Waals surface area (Å²) in [5, 5.41) is 15.4. The second-order valence-electron chi connectivity index (χ2n) is 5.84. The molecule has 0 aliphatic heterocycles. The first-order valence-electron chi connectivity index (χ1n) is 8.41. The van der Waals surface area contributed by atoms with Gasteiger partial charge in [-0.1, -0.05) is 12.1 Å². The zero-order valence-corrected chi connectivity index (χ0v) is 14.4. The minimum atomic E-state index is -0.765. The van der Waals surface area contributed by atoms with Crippen LogP contribution < -0.4 is 10.1 Å². The summed E-state index contributed by atoms with van der Waals surface area (Å²) in [7, 11) is 0. The van der Waals surface area contributed by atoms with Crippen LogP contribution in [0.25, 0.3) is 17.0 Å². The van der Waals surface area contributed by atoms with Crippen molar-refractivity contribution >= 4 is 11.5 Å². The summed E-state index contributed by atoms with van der Waals surface area (Å²) < 4.78 is 47.2. The normalized spacial score (nSPS) is 11.0. The number of benzene rings is 2. The van der Waals surface area contributed by atoms with Gasteiger partial charge in [0.15, 0.2) is 23.0 Å². The molecule has 6 nitrogen and oxygen atoms in total. The largest absolute Gasteiger partial charge is 0.489 e. The maximum Gasteiger partial charge on any atom is 0.188 e. The van der Waals surface area contributed by atoms with E-state index in [1.807, 2.05) is 0 Å². The molecular formula is C19H14F3N5O. The van der Waals surface area contributed by atoms with Crippen molar-refractivity contribution in [2.45, 2.75) is 0 Å². The molecule has 2 aromatic heterocycles. The summed E-state index contributed by atoms with van der Waals surface area (Å²) in [6.07, 6.45) is 0. The lowest BCUT2D eigenvalue weighted by Crippen LogP contribution is -2.14. The van der Waals surface area contributed by atoms with E-state index >= 15 is 0 Å². The Bertz CT molecular complexity index is 1130. The van der Waals surface area contributed by atoms with E-state index in [0.29, 0.717) is 18.0 Å². The van der Waals surface area contributed by atoms with Crippen molar-refractivity contribution < 1.29 is 17.9 Å². The van der Waals surface area contributed by atoms with Crippen LogP contribution >= 0.6 is 0 Å². The van der Waals surface area contributed by atoms with E-state index < -0.39 is 17.5 Å². The van der Waals surface area contributed by atoms with E-state index in [1.54, 1.807) is 30.3 Å². The van der Waals surface area contributed by atoms with Crippen LogP contribution in [0.4, 0.5) is 19.0 Å².